The second-order valence-corrected chi connectivity index (χ2v) is 10.3. The fourth-order valence-corrected chi connectivity index (χ4v) is 6.37. The Morgan fingerprint density at radius 1 is 0.941 bits per heavy atom. The van der Waals surface area contributed by atoms with Crippen molar-refractivity contribution in [1.29, 1.82) is 0 Å². The largest absolute Gasteiger partial charge is 0.497 e. The molecule has 3 aromatic carbocycles. The van der Waals surface area contributed by atoms with Gasteiger partial charge in [-0.05, 0) is 35.4 Å². The summed E-state index contributed by atoms with van der Waals surface area (Å²) in [5.74, 6) is 0.279. The summed E-state index contributed by atoms with van der Waals surface area (Å²) in [5, 5.41) is 4.58. The van der Waals surface area contributed by atoms with Crippen LogP contribution >= 0.6 is 11.3 Å². The van der Waals surface area contributed by atoms with Crippen molar-refractivity contribution in [2.24, 2.45) is 0 Å². The lowest BCUT2D eigenvalue weighted by Crippen LogP contribution is -2.30. The van der Waals surface area contributed by atoms with Crippen LogP contribution in [0.2, 0.25) is 0 Å². The molecule has 174 valence electrons. The number of thiophene rings is 1. The number of para-hydroxylation sites is 1. The van der Waals surface area contributed by atoms with E-state index < -0.39 is 15.9 Å². The summed E-state index contributed by atoms with van der Waals surface area (Å²) in [7, 11) is -0.943. The van der Waals surface area contributed by atoms with Gasteiger partial charge in [0.05, 0.1) is 12.8 Å². The highest BCUT2D eigenvalue weighted by Crippen LogP contribution is 2.38. The number of ether oxygens (including phenoxy) is 1. The summed E-state index contributed by atoms with van der Waals surface area (Å²) in [6, 6.07) is 25.3. The van der Waals surface area contributed by atoms with Gasteiger partial charge in [0.25, 0.3) is 15.9 Å². The number of nitrogens with one attached hydrogen (secondary N) is 1. The number of amides is 1. The molecule has 8 heteroatoms. The van der Waals surface area contributed by atoms with Crippen molar-refractivity contribution in [3.8, 4) is 16.9 Å². The Hall–Kier alpha value is -3.62. The Balaban J connectivity index is 1.71. The number of carbonyl (C=O) groups excluding carboxylic acids is 1. The van der Waals surface area contributed by atoms with E-state index in [2.05, 4.69) is 5.32 Å². The number of nitrogens with zero attached hydrogens (tertiary/aromatic N) is 1. The molecule has 6 nitrogen and oxygen atoms in total. The molecule has 0 atom stereocenters. The third kappa shape index (κ3) is 4.83. The van der Waals surface area contributed by atoms with Gasteiger partial charge in [0, 0.05) is 24.5 Å². The highest BCUT2D eigenvalue weighted by Gasteiger charge is 2.32. The monoisotopic (exact) mass is 492 g/mol. The van der Waals surface area contributed by atoms with Gasteiger partial charge in [0.1, 0.15) is 15.5 Å². The standard InChI is InChI=1S/C26H24N2O4S2/c1-28(21-11-7-4-8-12-21)34(30,31)25-23(20-9-5-3-6-10-20)18-33-24(25)26(29)27-17-19-13-15-22(32-2)16-14-19/h3-16,18H,17H2,1-2H3,(H,27,29). The van der Waals surface area contributed by atoms with Gasteiger partial charge in [-0.1, -0.05) is 60.7 Å². The molecule has 1 heterocycles. The molecule has 1 amide bonds. The first-order chi connectivity index (χ1) is 16.4. The first kappa shape index (κ1) is 23.5. The topological polar surface area (TPSA) is 75.7 Å². The van der Waals surface area contributed by atoms with E-state index in [0.29, 0.717) is 11.3 Å². The predicted molar refractivity (Wildman–Crippen MR) is 136 cm³/mol. The number of rotatable bonds is 8. The van der Waals surface area contributed by atoms with E-state index in [1.54, 1.807) is 36.8 Å². The maximum absolute atomic E-state index is 13.8. The van der Waals surface area contributed by atoms with Crippen molar-refractivity contribution in [3.05, 3.63) is 101 Å². The van der Waals surface area contributed by atoms with Crippen LogP contribution < -0.4 is 14.4 Å². The fourth-order valence-electron chi connectivity index (χ4n) is 3.50. The van der Waals surface area contributed by atoms with Crippen LogP contribution in [0.25, 0.3) is 11.1 Å². The molecule has 0 aliphatic carbocycles. The molecule has 1 aromatic heterocycles. The zero-order chi connectivity index (χ0) is 24.1. The predicted octanol–water partition coefficient (Wildman–Crippen LogP) is 5.18. The number of anilines is 1. The van der Waals surface area contributed by atoms with Gasteiger partial charge in [-0.15, -0.1) is 11.3 Å². The summed E-state index contributed by atoms with van der Waals surface area (Å²) in [4.78, 5) is 13.4. The van der Waals surface area contributed by atoms with Crippen LogP contribution in [-0.2, 0) is 16.6 Å². The maximum atomic E-state index is 13.8. The van der Waals surface area contributed by atoms with Crippen molar-refractivity contribution in [3.63, 3.8) is 0 Å². The van der Waals surface area contributed by atoms with Gasteiger partial charge in [-0.2, -0.15) is 0 Å². The first-order valence-corrected chi connectivity index (χ1v) is 12.9. The minimum Gasteiger partial charge on any atom is -0.497 e. The summed E-state index contributed by atoms with van der Waals surface area (Å²) in [6.45, 7) is 0.259. The molecule has 1 N–H and O–H groups in total. The molecule has 0 spiro atoms. The highest BCUT2D eigenvalue weighted by molar-refractivity contribution is 7.93. The van der Waals surface area contributed by atoms with Gasteiger partial charge in [0.2, 0.25) is 0 Å². The fraction of sp³-hybridized carbons (Fsp3) is 0.115. The number of benzene rings is 3. The van der Waals surface area contributed by atoms with Gasteiger partial charge in [-0.3, -0.25) is 9.10 Å². The molecule has 0 unspecified atom stereocenters. The Labute approximate surface area is 203 Å². The maximum Gasteiger partial charge on any atom is 0.266 e. The van der Waals surface area contributed by atoms with Crippen LogP contribution in [0.3, 0.4) is 0 Å². The molecule has 0 fully saturated rings. The Kier molecular flexibility index (Phi) is 7.00. The smallest absolute Gasteiger partial charge is 0.266 e. The molecule has 0 saturated carbocycles. The zero-order valence-electron chi connectivity index (χ0n) is 18.8. The molecular formula is C26H24N2O4S2. The van der Waals surface area contributed by atoms with Crippen LogP contribution in [0.15, 0.2) is 95.2 Å². The van der Waals surface area contributed by atoms with Gasteiger partial charge >= 0.3 is 0 Å². The van der Waals surface area contributed by atoms with E-state index >= 15 is 0 Å². The lowest BCUT2D eigenvalue weighted by molar-refractivity contribution is 0.0952. The van der Waals surface area contributed by atoms with E-state index in [0.717, 1.165) is 28.2 Å². The summed E-state index contributed by atoms with van der Waals surface area (Å²) < 4.78 is 34.0. The molecule has 34 heavy (non-hydrogen) atoms. The van der Waals surface area contributed by atoms with Crippen molar-refractivity contribution >= 4 is 33.0 Å². The van der Waals surface area contributed by atoms with Gasteiger partial charge in [0.15, 0.2) is 0 Å². The van der Waals surface area contributed by atoms with E-state index in [4.69, 9.17) is 4.74 Å². The Bertz CT molecular complexity index is 1370. The first-order valence-electron chi connectivity index (χ1n) is 10.5. The normalized spacial score (nSPS) is 11.1. The van der Waals surface area contributed by atoms with Crippen molar-refractivity contribution < 1.29 is 17.9 Å². The summed E-state index contributed by atoms with van der Waals surface area (Å²) >= 11 is 1.12. The SMILES string of the molecule is COc1ccc(CNC(=O)c2scc(-c3ccccc3)c2S(=O)(=O)N(C)c2ccccc2)cc1. The summed E-state index contributed by atoms with van der Waals surface area (Å²) in [5.41, 5.74) is 2.62. The molecule has 0 saturated heterocycles. The van der Waals surface area contributed by atoms with Gasteiger partial charge in [-0.25, -0.2) is 8.42 Å². The number of carbonyl (C=O) groups is 1. The molecule has 0 radical (unpaired) electrons. The zero-order valence-corrected chi connectivity index (χ0v) is 20.4. The lowest BCUT2D eigenvalue weighted by atomic mass is 10.1. The van der Waals surface area contributed by atoms with Gasteiger partial charge < -0.3 is 10.1 Å². The Morgan fingerprint density at radius 2 is 1.56 bits per heavy atom. The molecule has 4 rings (SSSR count). The number of methoxy groups -OCH3 is 1. The minimum atomic E-state index is -4.03. The molecular weight excluding hydrogens is 468 g/mol. The van der Waals surface area contributed by atoms with E-state index in [1.165, 1.54) is 11.4 Å². The number of sulfonamides is 1. The van der Waals surface area contributed by atoms with Crippen molar-refractivity contribution in [1.82, 2.24) is 5.32 Å². The molecule has 0 bridgehead atoms. The van der Waals surface area contributed by atoms with Crippen LogP contribution in [0, 0.1) is 0 Å². The van der Waals surface area contributed by atoms with E-state index in [9.17, 15) is 13.2 Å². The third-order valence-electron chi connectivity index (χ3n) is 5.39. The lowest BCUT2D eigenvalue weighted by Gasteiger charge is -2.21. The van der Waals surface area contributed by atoms with E-state index in [-0.39, 0.29) is 16.3 Å². The van der Waals surface area contributed by atoms with Crippen LogP contribution in [-0.4, -0.2) is 28.5 Å². The minimum absolute atomic E-state index is 0.00211. The second kappa shape index (κ2) is 10.1. The van der Waals surface area contributed by atoms with Crippen molar-refractivity contribution in [2.75, 3.05) is 18.5 Å². The molecule has 0 aliphatic rings. The van der Waals surface area contributed by atoms with Crippen LogP contribution in [0.4, 0.5) is 5.69 Å². The molecule has 4 aromatic rings. The third-order valence-corrected chi connectivity index (χ3v) is 8.37. The van der Waals surface area contributed by atoms with Crippen LogP contribution in [0.5, 0.6) is 5.75 Å². The number of hydrogen-bond donors (Lipinski definition) is 1. The van der Waals surface area contributed by atoms with Crippen molar-refractivity contribution in [2.45, 2.75) is 11.4 Å². The average molecular weight is 493 g/mol. The van der Waals surface area contributed by atoms with Crippen LogP contribution in [0.1, 0.15) is 15.2 Å². The second-order valence-electron chi connectivity index (χ2n) is 7.51. The average Bonchev–Trinajstić information content (AvgIpc) is 3.34. The quantitative estimate of drug-likeness (QED) is 0.368. The molecule has 0 aliphatic heterocycles. The number of hydrogen-bond acceptors (Lipinski definition) is 5. The highest BCUT2D eigenvalue weighted by atomic mass is 32.2. The summed E-state index contributed by atoms with van der Waals surface area (Å²) in [6.07, 6.45) is 0. The van der Waals surface area contributed by atoms with E-state index in [1.807, 2.05) is 60.7 Å². The Morgan fingerprint density at radius 3 is 2.18 bits per heavy atom.